The molecule has 0 aliphatic carbocycles. The zero-order valence-corrected chi connectivity index (χ0v) is 13.4. The van der Waals surface area contributed by atoms with Crippen molar-refractivity contribution in [3.05, 3.63) is 23.8 Å². The molecule has 1 aliphatic rings. The van der Waals surface area contributed by atoms with Gasteiger partial charge in [0, 0.05) is 19.2 Å². The summed E-state index contributed by atoms with van der Waals surface area (Å²) in [6.07, 6.45) is -0.483. The molecule has 0 saturated carbocycles. The van der Waals surface area contributed by atoms with Crippen LogP contribution in [-0.2, 0) is 25.4 Å². The summed E-state index contributed by atoms with van der Waals surface area (Å²) in [6, 6.07) is 4.68. The first kappa shape index (κ1) is 17.5. The van der Waals surface area contributed by atoms with Gasteiger partial charge in [-0.3, -0.25) is 0 Å². The molecule has 1 heterocycles. The monoisotopic (exact) mass is 325 g/mol. The zero-order valence-electron chi connectivity index (χ0n) is 13.4. The van der Waals surface area contributed by atoms with Gasteiger partial charge in [-0.05, 0) is 30.7 Å². The quantitative estimate of drug-likeness (QED) is 0.418. The van der Waals surface area contributed by atoms with Gasteiger partial charge in [0.05, 0.1) is 25.9 Å². The van der Waals surface area contributed by atoms with Crippen LogP contribution in [0.5, 0.6) is 5.75 Å². The van der Waals surface area contributed by atoms with Crippen molar-refractivity contribution < 1.29 is 28.8 Å². The maximum atomic E-state index is 11.8. The molecule has 23 heavy (non-hydrogen) atoms. The van der Waals surface area contributed by atoms with Crippen LogP contribution in [0.3, 0.4) is 0 Å². The van der Waals surface area contributed by atoms with E-state index in [-0.39, 0.29) is 13.4 Å². The van der Waals surface area contributed by atoms with E-state index in [4.69, 9.17) is 18.9 Å². The second kappa shape index (κ2) is 8.71. The average molecular weight is 325 g/mol. The number of carbonyl (C=O) groups is 1. The molecule has 1 aromatic carbocycles. The van der Waals surface area contributed by atoms with Crippen LogP contribution < -0.4 is 10.1 Å². The van der Waals surface area contributed by atoms with Gasteiger partial charge in [-0.2, -0.15) is 0 Å². The predicted octanol–water partition coefficient (Wildman–Crippen LogP) is 0.946. The van der Waals surface area contributed by atoms with Crippen LogP contribution in [0.25, 0.3) is 0 Å². The highest BCUT2D eigenvalue weighted by Gasteiger charge is 2.33. The maximum absolute atomic E-state index is 11.8. The maximum Gasteiger partial charge on any atom is 0.331 e. The first-order chi connectivity index (χ1) is 11.2. The minimum Gasteiger partial charge on any atom is -0.468 e. The fourth-order valence-electron chi connectivity index (χ4n) is 2.34. The summed E-state index contributed by atoms with van der Waals surface area (Å²) in [5.41, 5.74) is 1.67. The number of fused-ring (bicyclic) bond motifs is 1. The summed E-state index contributed by atoms with van der Waals surface area (Å²) in [7, 11) is 1.61. The van der Waals surface area contributed by atoms with Gasteiger partial charge in [-0.15, -0.1) is 0 Å². The Morgan fingerprint density at radius 1 is 1.39 bits per heavy atom. The van der Waals surface area contributed by atoms with Gasteiger partial charge in [0.2, 0.25) is 0 Å². The summed E-state index contributed by atoms with van der Waals surface area (Å²) in [5, 5.41) is 13.1. The van der Waals surface area contributed by atoms with Gasteiger partial charge < -0.3 is 29.4 Å². The number of aliphatic hydroxyl groups excluding tert-OH is 1. The van der Waals surface area contributed by atoms with Gasteiger partial charge in [0.25, 0.3) is 0 Å². The Balaban J connectivity index is 1.94. The molecule has 0 amide bonds. The van der Waals surface area contributed by atoms with Gasteiger partial charge in [-0.25, -0.2) is 4.79 Å². The van der Waals surface area contributed by atoms with Gasteiger partial charge in [0.1, 0.15) is 5.75 Å². The summed E-state index contributed by atoms with van der Waals surface area (Å²) >= 11 is 0. The smallest absolute Gasteiger partial charge is 0.331 e. The van der Waals surface area contributed by atoms with Crippen LogP contribution in [0.1, 0.15) is 12.5 Å². The number of methoxy groups -OCH3 is 1. The number of rotatable bonds is 8. The second-order valence-corrected chi connectivity index (χ2v) is 5.13. The fraction of sp³-hybridized carbons (Fsp3) is 0.562. The lowest BCUT2D eigenvalue weighted by atomic mass is 9.95. The van der Waals surface area contributed by atoms with Crippen LogP contribution in [0.2, 0.25) is 0 Å². The van der Waals surface area contributed by atoms with Crippen molar-refractivity contribution in [3.63, 3.8) is 0 Å². The SMILES string of the molecule is CCOC(=O)[C@H]1Nc2ccc(OCOCCOC)cc2C[C@@H]1O. The van der Waals surface area contributed by atoms with Crippen molar-refractivity contribution in [2.75, 3.05) is 39.0 Å². The molecule has 0 bridgehead atoms. The van der Waals surface area contributed by atoms with Crippen LogP contribution in [0.4, 0.5) is 5.69 Å². The minimum atomic E-state index is -0.838. The van der Waals surface area contributed by atoms with Gasteiger partial charge in [-0.1, -0.05) is 0 Å². The van der Waals surface area contributed by atoms with E-state index in [9.17, 15) is 9.90 Å². The lowest BCUT2D eigenvalue weighted by Gasteiger charge is -2.30. The molecule has 0 radical (unpaired) electrons. The predicted molar refractivity (Wildman–Crippen MR) is 83.5 cm³/mol. The molecule has 0 aromatic heterocycles. The number of carbonyl (C=O) groups excluding carboxylic acids is 1. The number of esters is 1. The summed E-state index contributed by atoms with van der Waals surface area (Å²) in [4.78, 5) is 11.8. The number of anilines is 1. The summed E-state index contributed by atoms with van der Waals surface area (Å²) < 4.78 is 20.6. The molecule has 1 aliphatic heterocycles. The van der Waals surface area contributed by atoms with Crippen LogP contribution in [0, 0.1) is 0 Å². The normalized spacial score (nSPS) is 19.6. The minimum absolute atomic E-state index is 0.129. The van der Waals surface area contributed by atoms with Crippen molar-refractivity contribution in [2.45, 2.75) is 25.5 Å². The highest BCUT2D eigenvalue weighted by Crippen LogP contribution is 2.29. The van der Waals surface area contributed by atoms with Gasteiger partial charge >= 0.3 is 5.97 Å². The fourth-order valence-corrected chi connectivity index (χ4v) is 2.34. The Hall–Kier alpha value is -1.83. The van der Waals surface area contributed by atoms with Crippen molar-refractivity contribution in [3.8, 4) is 5.75 Å². The number of ether oxygens (including phenoxy) is 4. The highest BCUT2D eigenvalue weighted by molar-refractivity contribution is 5.81. The molecule has 2 rings (SSSR count). The Morgan fingerprint density at radius 2 is 2.22 bits per heavy atom. The lowest BCUT2D eigenvalue weighted by Crippen LogP contribution is -2.46. The largest absolute Gasteiger partial charge is 0.468 e. The number of hydrogen-bond acceptors (Lipinski definition) is 7. The van der Waals surface area contributed by atoms with E-state index in [0.717, 1.165) is 11.3 Å². The van der Waals surface area contributed by atoms with E-state index in [2.05, 4.69) is 5.32 Å². The molecule has 0 saturated heterocycles. The van der Waals surface area contributed by atoms with Crippen molar-refractivity contribution in [2.24, 2.45) is 0 Å². The number of hydrogen-bond donors (Lipinski definition) is 2. The van der Waals surface area contributed by atoms with Crippen molar-refractivity contribution >= 4 is 11.7 Å². The Labute approximate surface area is 135 Å². The third-order valence-corrected chi connectivity index (χ3v) is 3.48. The molecule has 0 spiro atoms. The van der Waals surface area contributed by atoms with E-state index >= 15 is 0 Å². The molecule has 7 heteroatoms. The Bertz CT molecular complexity index is 521. The molecule has 2 N–H and O–H groups in total. The number of aliphatic hydroxyl groups is 1. The summed E-state index contributed by atoms with van der Waals surface area (Å²) in [6.45, 7) is 3.12. The van der Waals surface area contributed by atoms with Crippen LogP contribution >= 0.6 is 0 Å². The van der Waals surface area contributed by atoms with Gasteiger partial charge in [0.15, 0.2) is 12.8 Å². The van der Waals surface area contributed by atoms with E-state index < -0.39 is 18.1 Å². The molecule has 0 unspecified atom stereocenters. The topological polar surface area (TPSA) is 86.3 Å². The second-order valence-electron chi connectivity index (χ2n) is 5.13. The number of benzene rings is 1. The first-order valence-electron chi connectivity index (χ1n) is 7.59. The van der Waals surface area contributed by atoms with Crippen molar-refractivity contribution in [1.29, 1.82) is 0 Å². The van der Waals surface area contributed by atoms with Crippen LogP contribution in [-0.4, -0.2) is 56.9 Å². The third kappa shape index (κ3) is 4.82. The third-order valence-electron chi connectivity index (χ3n) is 3.48. The molecule has 7 nitrogen and oxygen atoms in total. The highest BCUT2D eigenvalue weighted by atomic mass is 16.7. The standard InChI is InChI=1S/C16H23NO6/c1-3-22-16(19)15-14(18)9-11-8-12(4-5-13(11)17-15)23-10-21-7-6-20-2/h4-5,8,14-15,17-18H,3,6-7,9-10H2,1-2H3/t14-,15-/m0/s1. The first-order valence-corrected chi connectivity index (χ1v) is 7.59. The molecule has 1 aromatic rings. The molecule has 128 valence electrons. The van der Waals surface area contributed by atoms with Crippen LogP contribution in [0.15, 0.2) is 18.2 Å². The lowest BCUT2D eigenvalue weighted by molar-refractivity contribution is -0.146. The molecule has 0 fully saturated rings. The average Bonchev–Trinajstić information content (AvgIpc) is 2.54. The number of nitrogens with one attached hydrogen (secondary N) is 1. The zero-order chi connectivity index (χ0) is 16.7. The van der Waals surface area contributed by atoms with E-state index in [1.807, 2.05) is 12.1 Å². The molecule has 2 atom stereocenters. The van der Waals surface area contributed by atoms with E-state index in [1.54, 1.807) is 20.1 Å². The molecular formula is C16H23NO6. The molecular weight excluding hydrogens is 302 g/mol. The van der Waals surface area contributed by atoms with E-state index in [0.29, 0.717) is 25.4 Å². The van der Waals surface area contributed by atoms with E-state index in [1.165, 1.54) is 0 Å². The Kier molecular flexibility index (Phi) is 6.64. The van der Waals surface area contributed by atoms with Crippen molar-refractivity contribution in [1.82, 2.24) is 0 Å². The summed E-state index contributed by atoms with van der Waals surface area (Å²) in [5.74, 6) is 0.197. The Morgan fingerprint density at radius 3 is 2.96 bits per heavy atom.